The number of nitrogens with two attached hydrogens (primary N) is 1. The molecule has 2 aromatic heterocycles. The van der Waals surface area contributed by atoms with E-state index in [1.807, 2.05) is 26.0 Å². The summed E-state index contributed by atoms with van der Waals surface area (Å²) in [5.74, 6) is -1.81. The van der Waals surface area contributed by atoms with Crippen molar-refractivity contribution in [3.05, 3.63) is 88.1 Å². The average Bonchev–Trinajstić information content (AvgIpc) is 3.57. The summed E-state index contributed by atoms with van der Waals surface area (Å²) in [6, 6.07) is 16.5. The number of benzene rings is 2. The second kappa shape index (κ2) is 10.6. The van der Waals surface area contributed by atoms with Crippen LogP contribution in [0, 0.1) is 18.3 Å². The second-order valence-corrected chi connectivity index (χ2v) is 9.81. The Morgan fingerprint density at radius 3 is 2.45 bits per heavy atom. The van der Waals surface area contributed by atoms with Crippen molar-refractivity contribution in [3.63, 3.8) is 0 Å². The molecule has 0 saturated heterocycles. The summed E-state index contributed by atoms with van der Waals surface area (Å²) in [6.45, 7) is 3.82. The third-order valence-electron chi connectivity index (χ3n) is 6.76. The van der Waals surface area contributed by atoms with Gasteiger partial charge >= 0.3 is 11.9 Å². The van der Waals surface area contributed by atoms with Crippen molar-refractivity contribution < 1.29 is 19.1 Å². The van der Waals surface area contributed by atoms with Gasteiger partial charge in [-0.15, -0.1) is 10.2 Å². The number of aromatic nitrogens is 4. The predicted octanol–water partition coefficient (Wildman–Crippen LogP) is 3.62. The molecule has 1 unspecified atom stereocenters. The van der Waals surface area contributed by atoms with Gasteiger partial charge in [-0.1, -0.05) is 60.7 Å². The molecular formula is C28H25N7O4S. The molecule has 2 aromatic carbocycles. The zero-order valence-corrected chi connectivity index (χ0v) is 23.0. The first kappa shape index (κ1) is 26.6. The van der Waals surface area contributed by atoms with E-state index in [1.54, 1.807) is 40.9 Å². The topological polar surface area (TPSA) is 149 Å². The van der Waals surface area contributed by atoms with Gasteiger partial charge in [0.2, 0.25) is 4.96 Å². The van der Waals surface area contributed by atoms with Crippen LogP contribution in [0.25, 0.3) is 15.5 Å². The lowest BCUT2D eigenvalue weighted by atomic mass is 9.80. The van der Waals surface area contributed by atoms with Crippen molar-refractivity contribution in [2.24, 2.45) is 5.73 Å². The molecule has 0 saturated carbocycles. The number of nitriles is 1. The van der Waals surface area contributed by atoms with E-state index in [0.29, 0.717) is 33.2 Å². The molecule has 5 rings (SSSR count). The van der Waals surface area contributed by atoms with Crippen LogP contribution >= 0.6 is 11.3 Å². The van der Waals surface area contributed by atoms with Gasteiger partial charge in [-0.2, -0.15) is 14.9 Å². The van der Waals surface area contributed by atoms with Crippen LogP contribution in [-0.4, -0.2) is 46.0 Å². The van der Waals surface area contributed by atoms with Crippen LogP contribution in [0.3, 0.4) is 0 Å². The van der Waals surface area contributed by atoms with Gasteiger partial charge in [-0.25, -0.2) is 9.59 Å². The maximum atomic E-state index is 13.4. The van der Waals surface area contributed by atoms with E-state index in [0.717, 1.165) is 11.4 Å². The van der Waals surface area contributed by atoms with Gasteiger partial charge in [0, 0.05) is 12.0 Å². The van der Waals surface area contributed by atoms with E-state index < -0.39 is 17.9 Å². The van der Waals surface area contributed by atoms with Crippen LogP contribution in [0.4, 0.5) is 5.69 Å². The molecule has 1 atom stereocenters. The number of carbonyl (C=O) groups is 2. The molecular weight excluding hydrogens is 530 g/mol. The first-order valence-corrected chi connectivity index (χ1v) is 13.1. The lowest BCUT2D eigenvalue weighted by Crippen LogP contribution is -2.41. The van der Waals surface area contributed by atoms with E-state index in [2.05, 4.69) is 16.3 Å². The van der Waals surface area contributed by atoms with Crippen LogP contribution in [0.15, 0.2) is 71.2 Å². The Morgan fingerprint density at radius 2 is 1.80 bits per heavy atom. The minimum absolute atomic E-state index is 0.00364. The lowest BCUT2D eigenvalue weighted by molar-refractivity contribution is -0.139. The molecule has 2 N–H and O–H groups in total. The molecule has 3 heterocycles. The van der Waals surface area contributed by atoms with Crippen molar-refractivity contribution in [2.45, 2.75) is 26.2 Å². The Hall–Kier alpha value is -5.02. The fraction of sp³-hybridized carbons (Fsp3) is 0.214. The predicted molar refractivity (Wildman–Crippen MR) is 148 cm³/mol. The molecule has 1 aliphatic heterocycles. The Labute approximate surface area is 233 Å². The Balaban J connectivity index is 1.78. The minimum Gasteiger partial charge on any atom is -0.466 e. The first-order chi connectivity index (χ1) is 19.4. The van der Waals surface area contributed by atoms with E-state index in [-0.39, 0.29) is 22.7 Å². The third-order valence-corrected chi connectivity index (χ3v) is 7.69. The summed E-state index contributed by atoms with van der Waals surface area (Å²) in [6.07, 6.45) is 0.668. The zero-order chi connectivity index (χ0) is 28.6. The monoisotopic (exact) mass is 555 g/mol. The number of nitrogens with zero attached hydrogens (tertiary/aromatic N) is 6. The number of hydrogen-bond acceptors (Lipinski definition) is 11. The van der Waals surface area contributed by atoms with Crippen LogP contribution in [0.5, 0.6) is 0 Å². The summed E-state index contributed by atoms with van der Waals surface area (Å²) in [4.78, 5) is 28.8. The van der Waals surface area contributed by atoms with E-state index in [4.69, 9.17) is 20.3 Å². The third kappa shape index (κ3) is 4.17. The molecule has 0 aliphatic carbocycles. The number of hydrogen-bond donors (Lipinski definition) is 1. The fourth-order valence-electron chi connectivity index (χ4n) is 4.85. The highest BCUT2D eigenvalue weighted by molar-refractivity contribution is 7.19. The Morgan fingerprint density at radius 1 is 1.07 bits per heavy atom. The molecule has 1 aliphatic rings. The van der Waals surface area contributed by atoms with Gasteiger partial charge in [0.15, 0.2) is 5.82 Å². The van der Waals surface area contributed by atoms with Crippen molar-refractivity contribution >= 4 is 33.9 Å². The van der Waals surface area contributed by atoms with Crippen LogP contribution in [-0.2, 0) is 25.5 Å². The van der Waals surface area contributed by atoms with Crippen LogP contribution in [0.2, 0.25) is 0 Å². The first-order valence-electron chi connectivity index (χ1n) is 12.3. The highest BCUT2D eigenvalue weighted by Gasteiger charge is 2.43. The van der Waals surface area contributed by atoms with E-state index in [1.165, 1.54) is 30.5 Å². The van der Waals surface area contributed by atoms with E-state index in [9.17, 15) is 14.9 Å². The van der Waals surface area contributed by atoms with Crippen molar-refractivity contribution in [1.82, 2.24) is 19.8 Å². The molecule has 12 heteroatoms. The van der Waals surface area contributed by atoms with Crippen molar-refractivity contribution in [2.75, 3.05) is 19.1 Å². The number of methoxy groups -OCH3 is 2. The fourth-order valence-corrected chi connectivity index (χ4v) is 5.79. The molecule has 0 bridgehead atoms. The molecule has 0 fully saturated rings. The molecule has 0 amide bonds. The lowest BCUT2D eigenvalue weighted by Gasteiger charge is -2.36. The Bertz CT molecular complexity index is 1750. The minimum atomic E-state index is -0.945. The van der Waals surface area contributed by atoms with Crippen LogP contribution < -0.4 is 10.6 Å². The molecule has 40 heavy (non-hydrogen) atoms. The molecule has 4 aromatic rings. The molecule has 11 nitrogen and oxygen atoms in total. The maximum Gasteiger partial charge on any atom is 0.355 e. The standard InChI is InChI=1S/C28H25N7O4S/c1-5-20-31-32-28-35(20)33-25(40-28)17-12-9-13-19(15(17)2)34-23(27(37)39-4)22(26(36)38-3)21(18(14-29)24(34)30)16-10-7-6-8-11-16/h6-13,21H,5,30H2,1-4H3. The van der Waals surface area contributed by atoms with Gasteiger partial charge in [0.1, 0.15) is 16.5 Å². The number of aryl methyl sites for hydroxylation is 1. The van der Waals surface area contributed by atoms with Gasteiger partial charge in [-0.3, -0.25) is 4.90 Å². The largest absolute Gasteiger partial charge is 0.466 e. The number of anilines is 1. The molecule has 0 spiro atoms. The second-order valence-electron chi connectivity index (χ2n) is 8.86. The van der Waals surface area contributed by atoms with Crippen molar-refractivity contribution in [3.8, 4) is 16.6 Å². The summed E-state index contributed by atoms with van der Waals surface area (Å²) >= 11 is 1.37. The average molecular weight is 556 g/mol. The normalized spacial score (nSPS) is 15.4. The quantitative estimate of drug-likeness (QED) is 0.350. The maximum absolute atomic E-state index is 13.4. The highest BCUT2D eigenvalue weighted by Crippen LogP contribution is 2.45. The van der Waals surface area contributed by atoms with E-state index >= 15 is 0 Å². The van der Waals surface area contributed by atoms with Gasteiger partial charge in [-0.05, 0) is 24.1 Å². The smallest absolute Gasteiger partial charge is 0.355 e. The SMILES string of the molecule is CCc1nnc2sc(-c3cccc(N4C(N)=C(C#N)C(c5ccccc5)C(C(=O)OC)=C4C(=O)OC)c3C)nn12. The number of allylic oxidation sites excluding steroid dienone is 1. The summed E-state index contributed by atoms with van der Waals surface area (Å²) < 4.78 is 12.0. The molecule has 202 valence electrons. The summed E-state index contributed by atoms with van der Waals surface area (Å²) in [7, 11) is 2.43. The number of carbonyl (C=O) groups excluding carboxylic acids is 2. The highest BCUT2D eigenvalue weighted by atomic mass is 32.1. The summed E-state index contributed by atoms with van der Waals surface area (Å²) in [5, 5.41) is 24.0. The van der Waals surface area contributed by atoms with Gasteiger partial charge < -0.3 is 15.2 Å². The van der Waals surface area contributed by atoms with Crippen LogP contribution in [0.1, 0.15) is 29.8 Å². The molecule has 0 radical (unpaired) electrons. The number of rotatable bonds is 6. The number of esters is 2. The Kier molecular flexibility index (Phi) is 7.06. The zero-order valence-electron chi connectivity index (χ0n) is 22.2. The van der Waals surface area contributed by atoms with Gasteiger partial charge in [0.25, 0.3) is 0 Å². The number of ether oxygens (including phenoxy) is 2. The summed E-state index contributed by atoms with van der Waals surface area (Å²) in [5.41, 5.74) is 9.11. The van der Waals surface area contributed by atoms with Crippen molar-refractivity contribution in [1.29, 1.82) is 5.26 Å². The van der Waals surface area contributed by atoms with Gasteiger partial charge in [0.05, 0.1) is 43.0 Å². The number of fused-ring (bicyclic) bond motifs is 1.